The van der Waals surface area contributed by atoms with Crippen LogP contribution in [0.25, 0.3) is 33.1 Å². The molecule has 0 aliphatic rings. The number of nitrogen functional groups attached to an aromatic ring is 1. The van der Waals surface area contributed by atoms with Crippen LogP contribution in [0.5, 0.6) is 0 Å². The van der Waals surface area contributed by atoms with E-state index in [1.165, 1.54) is 18.2 Å². The van der Waals surface area contributed by atoms with Crippen LogP contribution in [0.1, 0.15) is 52.0 Å². The van der Waals surface area contributed by atoms with Gasteiger partial charge in [-0.05, 0) is 53.4 Å². The van der Waals surface area contributed by atoms with E-state index in [1.54, 1.807) is 36.4 Å². The summed E-state index contributed by atoms with van der Waals surface area (Å²) in [4.78, 5) is 50.8. The van der Waals surface area contributed by atoms with Crippen LogP contribution >= 0.6 is 0 Å². The lowest BCUT2D eigenvalue weighted by Crippen LogP contribution is -2.46. The molecule has 0 fully saturated rings. The van der Waals surface area contributed by atoms with Gasteiger partial charge in [0.2, 0.25) is 0 Å². The van der Waals surface area contributed by atoms with Crippen molar-refractivity contribution in [3.05, 3.63) is 83.6 Å². The molecule has 2 amide bonds. The summed E-state index contributed by atoms with van der Waals surface area (Å²) >= 11 is 0. The number of carboxylic acids is 1. The molecule has 0 radical (unpaired) electrons. The number of aliphatic hydroxyl groups excluding tert-OH is 1. The summed E-state index contributed by atoms with van der Waals surface area (Å²) in [7, 11) is 0. The molecule has 2 heterocycles. The summed E-state index contributed by atoms with van der Waals surface area (Å²) in [5.41, 5.74) is 8.02. The number of aromatic amines is 1. The Bertz CT molecular complexity index is 1860. The molecule has 42 heavy (non-hydrogen) atoms. The zero-order valence-electron chi connectivity index (χ0n) is 23.2. The molecule has 0 saturated heterocycles. The number of carbonyl (C=O) groups is 3. The maximum absolute atomic E-state index is 13.6. The molecule has 0 aliphatic heterocycles. The third-order valence-corrected chi connectivity index (χ3v) is 7.03. The van der Waals surface area contributed by atoms with E-state index in [2.05, 4.69) is 25.6 Å². The Balaban J connectivity index is 1.57. The van der Waals surface area contributed by atoms with Gasteiger partial charge >= 0.3 is 5.97 Å². The zero-order valence-corrected chi connectivity index (χ0v) is 23.2. The quantitative estimate of drug-likeness (QED) is 0.167. The summed E-state index contributed by atoms with van der Waals surface area (Å²) in [6, 6.07) is 17.7. The van der Waals surface area contributed by atoms with Crippen molar-refractivity contribution in [1.82, 2.24) is 20.3 Å². The number of amides is 2. The number of carboxylic acid groups (broad SMARTS) is 1. The van der Waals surface area contributed by atoms with Crippen LogP contribution < -0.4 is 16.4 Å². The van der Waals surface area contributed by atoms with Crippen LogP contribution in [0.2, 0.25) is 0 Å². The largest absolute Gasteiger partial charge is 0.478 e. The van der Waals surface area contributed by atoms with Crippen LogP contribution in [0.3, 0.4) is 0 Å². The molecule has 3 aromatic carbocycles. The minimum absolute atomic E-state index is 0.00528. The minimum Gasteiger partial charge on any atom is -0.478 e. The standard InChI is InChI=1S/C31H30N6O5/c1-31(2,3)25(15-38)37-27(39)17-8-10-19(21(13-17)29(41)42)20-12-16-6-4-5-7-22(16)34-26(20)28(40)33-18-9-11-23-24(14-18)36-30(32)35-23/h4-14,25,38H,15H2,1-3H3,(H,33,40)(H,37,39)(H,41,42)(H3,32,35,36)/t25-/m1/s1. The topological polar surface area (TPSA) is 183 Å². The summed E-state index contributed by atoms with van der Waals surface area (Å²) in [6.45, 7) is 5.35. The summed E-state index contributed by atoms with van der Waals surface area (Å²) in [5, 5.41) is 26.2. The Hall–Kier alpha value is -5.29. The van der Waals surface area contributed by atoms with Crippen molar-refractivity contribution < 1.29 is 24.6 Å². The highest BCUT2D eigenvalue weighted by Crippen LogP contribution is 2.32. The van der Waals surface area contributed by atoms with Crippen molar-refractivity contribution in [2.75, 3.05) is 17.7 Å². The van der Waals surface area contributed by atoms with Crippen molar-refractivity contribution in [2.45, 2.75) is 26.8 Å². The van der Waals surface area contributed by atoms with Crippen LogP contribution in [0, 0.1) is 5.41 Å². The molecule has 11 heteroatoms. The van der Waals surface area contributed by atoms with Crippen LogP contribution in [-0.4, -0.2) is 55.6 Å². The van der Waals surface area contributed by atoms with Gasteiger partial charge in [-0.15, -0.1) is 0 Å². The summed E-state index contributed by atoms with van der Waals surface area (Å²) < 4.78 is 0. The number of aromatic carboxylic acids is 1. The number of aromatic nitrogens is 3. The molecule has 0 aliphatic carbocycles. The Morgan fingerprint density at radius 2 is 1.69 bits per heavy atom. The van der Waals surface area contributed by atoms with Gasteiger partial charge in [0.1, 0.15) is 5.69 Å². The highest BCUT2D eigenvalue weighted by molar-refractivity contribution is 6.11. The number of hydrogen-bond donors (Lipinski definition) is 6. The number of fused-ring (bicyclic) bond motifs is 2. The lowest BCUT2D eigenvalue weighted by atomic mass is 9.87. The maximum atomic E-state index is 13.6. The smallest absolute Gasteiger partial charge is 0.336 e. The van der Waals surface area contributed by atoms with E-state index in [-0.39, 0.29) is 40.5 Å². The van der Waals surface area contributed by atoms with Crippen molar-refractivity contribution in [3.8, 4) is 11.1 Å². The molecule has 0 saturated carbocycles. The third-order valence-electron chi connectivity index (χ3n) is 7.03. The van der Waals surface area contributed by atoms with E-state index >= 15 is 0 Å². The Labute approximate surface area is 240 Å². The second-order valence-electron chi connectivity index (χ2n) is 11.0. The van der Waals surface area contributed by atoms with E-state index in [9.17, 15) is 24.6 Å². The van der Waals surface area contributed by atoms with Gasteiger partial charge in [0.15, 0.2) is 5.95 Å². The number of nitrogens with two attached hydrogens (primary N) is 1. The Kier molecular flexibility index (Phi) is 7.36. The second kappa shape index (κ2) is 10.9. The predicted molar refractivity (Wildman–Crippen MR) is 160 cm³/mol. The van der Waals surface area contributed by atoms with Crippen molar-refractivity contribution in [3.63, 3.8) is 0 Å². The molecule has 2 aromatic heterocycles. The molecular formula is C31H30N6O5. The van der Waals surface area contributed by atoms with E-state index in [4.69, 9.17) is 5.73 Å². The normalized spacial score (nSPS) is 12.3. The highest BCUT2D eigenvalue weighted by atomic mass is 16.4. The van der Waals surface area contributed by atoms with Crippen LogP contribution in [-0.2, 0) is 0 Å². The number of para-hydroxylation sites is 1. The number of aliphatic hydroxyl groups is 1. The number of rotatable bonds is 7. The van der Waals surface area contributed by atoms with Gasteiger partial charge in [-0.1, -0.05) is 45.0 Å². The van der Waals surface area contributed by atoms with Gasteiger partial charge in [0.25, 0.3) is 11.8 Å². The van der Waals surface area contributed by atoms with Crippen LogP contribution in [0.15, 0.2) is 66.7 Å². The van der Waals surface area contributed by atoms with Gasteiger partial charge in [0, 0.05) is 22.2 Å². The number of pyridine rings is 1. The Morgan fingerprint density at radius 1 is 0.929 bits per heavy atom. The van der Waals surface area contributed by atoms with Gasteiger partial charge in [-0.25, -0.2) is 14.8 Å². The predicted octanol–water partition coefficient (Wildman–Crippen LogP) is 4.45. The van der Waals surface area contributed by atoms with Crippen molar-refractivity contribution in [2.24, 2.45) is 5.41 Å². The fourth-order valence-electron chi connectivity index (χ4n) is 4.67. The summed E-state index contributed by atoms with van der Waals surface area (Å²) in [6.07, 6.45) is 0. The monoisotopic (exact) mass is 566 g/mol. The molecule has 7 N–H and O–H groups in total. The third kappa shape index (κ3) is 5.63. The second-order valence-corrected chi connectivity index (χ2v) is 11.0. The fraction of sp³-hybridized carbons (Fsp3) is 0.194. The number of carbonyl (C=O) groups excluding carboxylic acids is 2. The van der Waals surface area contributed by atoms with Crippen molar-refractivity contribution in [1.29, 1.82) is 0 Å². The minimum atomic E-state index is -1.28. The SMILES string of the molecule is CC(C)(C)[C@@H](CO)NC(=O)c1ccc(-c2cc3ccccc3nc2C(=O)Nc2ccc3nc(N)[nH]c3c2)c(C(=O)O)c1. The average Bonchev–Trinajstić information content (AvgIpc) is 3.33. The van der Waals surface area contributed by atoms with E-state index < -0.39 is 29.2 Å². The molecule has 5 rings (SSSR count). The number of nitrogens with zero attached hydrogens (tertiary/aromatic N) is 2. The van der Waals surface area contributed by atoms with Crippen LogP contribution in [0.4, 0.5) is 11.6 Å². The van der Waals surface area contributed by atoms with Gasteiger partial charge < -0.3 is 31.6 Å². The fourth-order valence-corrected chi connectivity index (χ4v) is 4.67. The number of benzene rings is 3. The summed E-state index contributed by atoms with van der Waals surface area (Å²) in [5.74, 6) is -2.12. The maximum Gasteiger partial charge on any atom is 0.336 e. The van der Waals surface area contributed by atoms with Gasteiger partial charge in [0.05, 0.1) is 34.8 Å². The molecular weight excluding hydrogens is 536 g/mol. The first-order valence-corrected chi connectivity index (χ1v) is 13.2. The zero-order chi connectivity index (χ0) is 30.2. The van der Waals surface area contributed by atoms with Gasteiger partial charge in [-0.3, -0.25) is 9.59 Å². The number of imidazole rings is 1. The lowest BCUT2D eigenvalue weighted by Gasteiger charge is -2.29. The molecule has 214 valence electrons. The number of nitrogens with one attached hydrogen (secondary N) is 3. The highest BCUT2D eigenvalue weighted by Gasteiger charge is 2.27. The number of H-pyrrole nitrogens is 1. The molecule has 0 unspecified atom stereocenters. The number of hydrogen-bond acceptors (Lipinski definition) is 7. The van der Waals surface area contributed by atoms with E-state index in [0.717, 1.165) is 0 Å². The first kappa shape index (κ1) is 28.2. The van der Waals surface area contributed by atoms with Gasteiger partial charge in [-0.2, -0.15) is 0 Å². The molecule has 0 bridgehead atoms. The molecule has 1 atom stereocenters. The van der Waals surface area contributed by atoms with E-state index in [0.29, 0.717) is 27.6 Å². The molecule has 0 spiro atoms. The molecule has 5 aromatic rings. The first-order valence-electron chi connectivity index (χ1n) is 13.2. The molecule has 11 nitrogen and oxygen atoms in total. The Morgan fingerprint density at radius 3 is 2.40 bits per heavy atom. The van der Waals surface area contributed by atoms with Crippen molar-refractivity contribution >= 4 is 51.4 Å². The van der Waals surface area contributed by atoms with E-state index in [1.807, 2.05) is 32.9 Å². The lowest BCUT2D eigenvalue weighted by molar-refractivity contribution is 0.0697. The average molecular weight is 567 g/mol. The number of anilines is 2. The first-order chi connectivity index (χ1) is 19.9.